The summed E-state index contributed by atoms with van der Waals surface area (Å²) in [5, 5.41) is 1.56. The van der Waals surface area contributed by atoms with Crippen LogP contribution in [0, 0.1) is 0 Å². The van der Waals surface area contributed by atoms with Crippen LogP contribution in [0.3, 0.4) is 0 Å². The summed E-state index contributed by atoms with van der Waals surface area (Å²) in [4.78, 5) is 0. The van der Waals surface area contributed by atoms with E-state index in [1.165, 1.54) is 0 Å². The van der Waals surface area contributed by atoms with E-state index in [-0.39, 0.29) is 6.61 Å². The van der Waals surface area contributed by atoms with E-state index in [9.17, 15) is 8.42 Å². The van der Waals surface area contributed by atoms with Crippen molar-refractivity contribution in [3.8, 4) is 0 Å². The van der Waals surface area contributed by atoms with E-state index < -0.39 is 10.1 Å². The minimum atomic E-state index is -3.37. The van der Waals surface area contributed by atoms with Crippen molar-refractivity contribution >= 4 is 27.7 Å². The third-order valence-electron chi connectivity index (χ3n) is 1.56. The fourth-order valence-electron chi connectivity index (χ4n) is 0.868. The summed E-state index contributed by atoms with van der Waals surface area (Å²) in [6.07, 6.45) is 1.03. The predicted molar refractivity (Wildman–Crippen MR) is 58.8 cm³/mol. The number of hydrogen-bond donors (Lipinski definition) is 0. The van der Waals surface area contributed by atoms with Crippen molar-refractivity contribution in [1.82, 2.24) is 0 Å². The lowest BCUT2D eigenvalue weighted by atomic mass is 10.2. The molecule has 0 spiro atoms. The van der Waals surface area contributed by atoms with Crippen LogP contribution in [0.4, 0.5) is 0 Å². The predicted octanol–water partition coefficient (Wildman–Crippen LogP) is 1.51. The van der Waals surface area contributed by atoms with Crippen molar-refractivity contribution in [2.24, 2.45) is 0 Å². The molecule has 0 fully saturated rings. The SMILES string of the molecule is CS(=O)(=O)OCc1ccc(C=S)cc1. The number of benzene rings is 1. The molecule has 76 valence electrons. The fourth-order valence-corrected chi connectivity index (χ4v) is 1.37. The molecule has 3 nitrogen and oxygen atoms in total. The van der Waals surface area contributed by atoms with Gasteiger partial charge in [-0.25, -0.2) is 0 Å². The summed E-state index contributed by atoms with van der Waals surface area (Å²) < 4.78 is 26.0. The molecule has 0 aliphatic heterocycles. The molecule has 0 aromatic heterocycles. The van der Waals surface area contributed by atoms with Crippen molar-refractivity contribution in [2.75, 3.05) is 6.26 Å². The van der Waals surface area contributed by atoms with Gasteiger partial charge in [-0.2, -0.15) is 8.42 Å². The third kappa shape index (κ3) is 3.95. The van der Waals surface area contributed by atoms with Crippen molar-refractivity contribution in [3.05, 3.63) is 35.4 Å². The molecule has 0 saturated carbocycles. The molecule has 0 bridgehead atoms. The quantitative estimate of drug-likeness (QED) is 0.581. The van der Waals surface area contributed by atoms with E-state index in [1.54, 1.807) is 17.5 Å². The topological polar surface area (TPSA) is 43.4 Å². The molecule has 0 amide bonds. The Morgan fingerprint density at radius 2 is 1.93 bits per heavy atom. The van der Waals surface area contributed by atoms with Gasteiger partial charge in [0, 0.05) is 5.37 Å². The first-order valence-electron chi connectivity index (χ1n) is 3.90. The van der Waals surface area contributed by atoms with Crippen molar-refractivity contribution in [2.45, 2.75) is 6.61 Å². The Kier molecular flexibility index (Phi) is 3.74. The molecule has 0 radical (unpaired) electrons. The molecule has 0 N–H and O–H groups in total. The summed E-state index contributed by atoms with van der Waals surface area (Å²) in [5.74, 6) is 0. The van der Waals surface area contributed by atoms with Gasteiger partial charge in [0.2, 0.25) is 0 Å². The molecule has 1 aromatic rings. The normalized spacial score (nSPS) is 11.2. The van der Waals surface area contributed by atoms with Crippen LogP contribution in [-0.4, -0.2) is 20.0 Å². The van der Waals surface area contributed by atoms with E-state index in [0.717, 1.165) is 17.4 Å². The van der Waals surface area contributed by atoms with E-state index in [4.69, 9.17) is 12.2 Å². The number of hydrogen-bond acceptors (Lipinski definition) is 4. The Hall–Kier alpha value is -0.780. The maximum Gasteiger partial charge on any atom is 0.264 e. The molecule has 0 heterocycles. The maximum atomic E-state index is 10.7. The lowest BCUT2D eigenvalue weighted by Crippen LogP contribution is -2.02. The Balaban J connectivity index is 2.65. The van der Waals surface area contributed by atoms with Gasteiger partial charge in [-0.15, -0.1) is 0 Å². The highest BCUT2D eigenvalue weighted by atomic mass is 32.2. The van der Waals surface area contributed by atoms with Gasteiger partial charge in [-0.3, -0.25) is 4.18 Å². The summed E-state index contributed by atoms with van der Waals surface area (Å²) in [6.45, 7) is 0.0660. The summed E-state index contributed by atoms with van der Waals surface area (Å²) >= 11 is 4.73. The minimum absolute atomic E-state index is 0.0660. The summed E-state index contributed by atoms with van der Waals surface area (Å²) in [5.41, 5.74) is 1.72. The molecule has 5 heteroatoms. The smallest absolute Gasteiger partial charge is 0.264 e. The Morgan fingerprint density at radius 3 is 2.36 bits per heavy atom. The largest absolute Gasteiger partial charge is 0.265 e. The van der Waals surface area contributed by atoms with Crippen LogP contribution >= 0.6 is 12.2 Å². The van der Waals surface area contributed by atoms with E-state index in [2.05, 4.69) is 4.18 Å². The van der Waals surface area contributed by atoms with Gasteiger partial charge in [-0.05, 0) is 11.1 Å². The number of thiocarbonyl (C=S) groups is 1. The molecule has 0 unspecified atom stereocenters. The van der Waals surface area contributed by atoms with Gasteiger partial charge in [-0.1, -0.05) is 36.5 Å². The average Bonchev–Trinajstić information content (AvgIpc) is 2.14. The molecule has 0 aliphatic rings. The first-order chi connectivity index (χ1) is 6.51. The molecule has 1 rings (SSSR count). The monoisotopic (exact) mass is 230 g/mol. The zero-order valence-electron chi connectivity index (χ0n) is 7.64. The van der Waals surface area contributed by atoms with Crippen LogP contribution in [0.15, 0.2) is 24.3 Å². The molecular weight excluding hydrogens is 220 g/mol. The van der Waals surface area contributed by atoms with Crippen molar-refractivity contribution in [3.63, 3.8) is 0 Å². The van der Waals surface area contributed by atoms with Crippen LogP contribution in [0.2, 0.25) is 0 Å². The van der Waals surface area contributed by atoms with Crippen LogP contribution in [0.25, 0.3) is 0 Å². The lowest BCUT2D eigenvalue weighted by molar-refractivity contribution is 0.311. The standard InChI is InChI=1S/C9H10O3S2/c1-14(10,11)12-6-8-2-4-9(7-13)5-3-8/h2-5,7H,6H2,1H3. The first-order valence-corrected chi connectivity index (χ1v) is 6.18. The van der Waals surface area contributed by atoms with Crippen molar-refractivity contribution in [1.29, 1.82) is 0 Å². The molecule has 14 heavy (non-hydrogen) atoms. The van der Waals surface area contributed by atoms with E-state index in [0.29, 0.717) is 0 Å². The second-order valence-electron chi connectivity index (χ2n) is 2.83. The van der Waals surface area contributed by atoms with Gasteiger partial charge in [0.1, 0.15) is 0 Å². The zero-order valence-corrected chi connectivity index (χ0v) is 9.27. The molecule has 0 aliphatic carbocycles. The third-order valence-corrected chi connectivity index (χ3v) is 2.37. The zero-order chi connectivity index (χ0) is 10.6. The van der Waals surface area contributed by atoms with E-state index >= 15 is 0 Å². The highest BCUT2D eigenvalue weighted by Gasteiger charge is 2.01. The summed E-state index contributed by atoms with van der Waals surface area (Å²) in [6, 6.07) is 7.19. The van der Waals surface area contributed by atoms with Crippen LogP contribution in [0.1, 0.15) is 11.1 Å². The van der Waals surface area contributed by atoms with Gasteiger partial charge >= 0.3 is 0 Å². The summed E-state index contributed by atoms with van der Waals surface area (Å²) in [7, 11) is -3.37. The highest BCUT2D eigenvalue weighted by molar-refractivity contribution is 7.85. The van der Waals surface area contributed by atoms with E-state index in [1.807, 2.05) is 12.1 Å². The highest BCUT2D eigenvalue weighted by Crippen LogP contribution is 2.05. The molecule has 0 atom stereocenters. The fraction of sp³-hybridized carbons (Fsp3) is 0.222. The van der Waals surface area contributed by atoms with Crippen LogP contribution in [-0.2, 0) is 20.9 Å². The molecule has 1 aromatic carbocycles. The number of rotatable bonds is 4. The maximum absolute atomic E-state index is 10.7. The van der Waals surface area contributed by atoms with Gasteiger partial charge in [0.15, 0.2) is 0 Å². The van der Waals surface area contributed by atoms with Crippen molar-refractivity contribution < 1.29 is 12.6 Å². The van der Waals surface area contributed by atoms with Crippen LogP contribution in [0.5, 0.6) is 0 Å². The minimum Gasteiger partial charge on any atom is -0.265 e. The second kappa shape index (κ2) is 4.63. The lowest BCUT2D eigenvalue weighted by Gasteiger charge is -2.01. The van der Waals surface area contributed by atoms with Gasteiger partial charge < -0.3 is 0 Å². The second-order valence-corrected chi connectivity index (χ2v) is 4.71. The first kappa shape index (κ1) is 11.3. The Labute approximate surface area is 88.8 Å². The van der Waals surface area contributed by atoms with Gasteiger partial charge in [0.05, 0.1) is 12.9 Å². The Morgan fingerprint density at radius 1 is 1.36 bits per heavy atom. The average molecular weight is 230 g/mol. The molecule has 0 saturated heterocycles. The Bertz CT molecular complexity index is 406. The van der Waals surface area contributed by atoms with Gasteiger partial charge in [0.25, 0.3) is 10.1 Å². The molecular formula is C9H10O3S2. The van der Waals surface area contributed by atoms with Crippen LogP contribution < -0.4 is 0 Å².